The van der Waals surface area contributed by atoms with Crippen molar-refractivity contribution in [1.82, 2.24) is 30.7 Å². The van der Waals surface area contributed by atoms with E-state index in [4.69, 9.17) is 14.2 Å². The smallest absolute Gasteiger partial charge is 0.246 e. The van der Waals surface area contributed by atoms with Gasteiger partial charge in [-0.05, 0) is 80.3 Å². The highest BCUT2D eigenvalue weighted by Gasteiger charge is 2.39. The second kappa shape index (κ2) is 18.2. The van der Waals surface area contributed by atoms with Crippen LogP contribution in [0.1, 0.15) is 44.7 Å². The Hall–Kier alpha value is -6.12. The molecule has 2 aromatic rings. The average Bonchev–Trinajstić information content (AvgIpc) is 3.43. The second-order valence-corrected chi connectivity index (χ2v) is 14.6. The van der Waals surface area contributed by atoms with Gasteiger partial charge in [-0.2, -0.15) is 0 Å². The number of nitrogens with zero attached hydrogens (tertiary/aromatic N) is 3. The van der Waals surface area contributed by atoms with Crippen LogP contribution in [0.5, 0.6) is 17.2 Å². The van der Waals surface area contributed by atoms with Crippen LogP contribution in [0.25, 0.3) is 0 Å². The van der Waals surface area contributed by atoms with Gasteiger partial charge in [0.15, 0.2) is 11.5 Å². The van der Waals surface area contributed by atoms with E-state index in [0.717, 1.165) is 5.57 Å². The van der Waals surface area contributed by atoms with Crippen LogP contribution in [0, 0.1) is 0 Å². The predicted octanol–water partition coefficient (Wildman–Crippen LogP) is 2.05. The fourth-order valence-corrected chi connectivity index (χ4v) is 7.02. The molecule has 0 spiro atoms. The number of hydrogen-bond acceptors (Lipinski definition) is 9. The Morgan fingerprint density at radius 2 is 1.30 bits per heavy atom. The van der Waals surface area contributed by atoms with Crippen molar-refractivity contribution in [3.05, 3.63) is 89.2 Å². The SMILES string of the molecule is COc1ccc(C[C@H]2C(=O)N[C@@H](C)C(=O)N(C)[C@H]3CC4=CCC=C(C=C4)Oc4cc(ccc4OC)C[C@@H](C(=O)N[C@H](C)C(=O)N[C@@H](C)C(=O)N2C)N(C)C3=O)cc1. The van der Waals surface area contributed by atoms with Gasteiger partial charge in [-0.3, -0.25) is 28.8 Å². The van der Waals surface area contributed by atoms with Crippen LogP contribution < -0.4 is 30.2 Å². The molecule has 2 aliphatic heterocycles. The molecule has 6 bridgehead atoms. The Kier molecular flexibility index (Phi) is 13.4. The number of likely N-dealkylation sites (N-methyl/N-ethyl adjacent to an activating group) is 3. The van der Waals surface area contributed by atoms with Gasteiger partial charge in [0.1, 0.15) is 47.8 Å². The van der Waals surface area contributed by atoms with E-state index >= 15 is 0 Å². The number of carbonyl (C=O) groups is 6. The minimum atomic E-state index is -1.16. The molecule has 15 heteroatoms. The maximum Gasteiger partial charge on any atom is 0.246 e. The van der Waals surface area contributed by atoms with Gasteiger partial charge in [-0.1, -0.05) is 30.4 Å². The molecule has 57 heavy (non-hydrogen) atoms. The standard InChI is InChI=1S/C42H52N6O9/c1-24-37(49)44-25(2)40(52)46(4)32(20-28-12-16-30(55-7)17-13-28)39(51)45-26(3)41(53)48(6)34-21-27-10-9-11-31(18-14-27)57-36-23-29(15-19-35(36)56-8)22-33(38(50)43-24)47(5)42(34)54/h10-19,23-26,32-34H,9,20-22H2,1-8H3,(H,43,50)(H,44,49)(H,45,51)/t24-,25+,26+,32+,33+,34+/m1/s1. The molecule has 1 aliphatic carbocycles. The Morgan fingerprint density at radius 3 is 1.96 bits per heavy atom. The summed E-state index contributed by atoms with van der Waals surface area (Å²) in [5, 5.41) is 8.17. The summed E-state index contributed by atoms with van der Waals surface area (Å²) >= 11 is 0. The summed E-state index contributed by atoms with van der Waals surface area (Å²) in [6.45, 7) is 4.47. The third-order valence-electron chi connectivity index (χ3n) is 10.6. The average molecular weight is 785 g/mol. The first-order chi connectivity index (χ1) is 27.1. The first kappa shape index (κ1) is 42.0. The van der Waals surface area contributed by atoms with E-state index in [1.54, 1.807) is 48.5 Å². The number of nitrogens with one attached hydrogen (secondary N) is 3. The number of amides is 6. The summed E-state index contributed by atoms with van der Waals surface area (Å²) in [5.74, 6) is -1.56. The number of carbonyl (C=O) groups excluding carboxylic acids is 6. The lowest BCUT2D eigenvalue weighted by molar-refractivity contribution is -0.149. The van der Waals surface area contributed by atoms with E-state index in [1.165, 1.54) is 70.8 Å². The number of rotatable bonds is 4. The van der Waals surface area contributed by atoms with Crippen LogP contribution in [0.4, 0.5) is 0 Å². The molecule has 2 heterocycles. The zero-order chi connectivity index (χ0) is 41.6. The minimum absolute atomic E-state index is 0.00641. The fraction of sp³-hybridized carbons (Fsp3) is 0.429. The van der Waals surface area contributed by atoms with Crippen LogP contribution in [0.2, 0.25) is 0 Å². The molecule has 5 rings (SSSR count). The molecule has 15 nitrogen and oxygen atoms in total. The molecule has 1 fully saturated rings. The van der Waals surface area contributed by atoms with Crippen molar-refractivity contribution in [2.75, 3.05) is 35.4 Å². The summed E-state index contributed by atoms with van der Waals surface area (Å²) in [6, 6.07) is 5.44. The lowest BCUT2D eigenvalue weighted by Crippen LogP contribution is -2.61. The van der Waals surface area contributed by atoms with E-state index in [9.17, 15) is 28.8 Å². The largest absolute Gasteiger partial charge is 0.497 e. The topological polar surface area (TPSA) is 176 Å². The van der Waals surface area contributed by atoms with Crippen LogP contribution >= 0.6 is 0 Å². The Labute approximate surface area is 333 Å². The molecule has 304 valence electrons. The second-order valence-electron chi connectivity index (χ2n) is 14.6. The Bertz CT molecular complexity index is 1980. The van der Waals surface area contributed by atoms with Crippen molar-refractivity contribution < 1.29 is 43.0 Å². The van der Waals surface area contributed by atoms with Crippen molar-refractivity contribution in [3.8, 4) is 17.2 Å². The number of benzene rings is 2. The lowest BCUT2D eigenvalue weighted by Gasteiger charge is -2.37. The molecule has 3 aliphatic rings. The molecule has 0 aromatic heterocycles. The highest BCUT2D eigenvalue weighted by molar-refractivity contribution is 5.98. The van der Waals surface area contributed by atoms with E-state index in [0.29, 0.717) is 40.6 Å². The summed E-state index contributed by atoms with van der Waals surface area (Å²) in [4.78, 5) is 88.5. The number of allylic oxidation sites excluding steroid dienone is 4. The predicted molar refractivity (Wildman–Crippen MR) is 211 cm³/mol. The van der Waals surface area contributed by atoms with Gasteiger partial charge in [0.25, 0.3) is 0 Å². The van der Waals surface area contributed by atoms with Gasteiger partial charge in [0, 0.05) is 40.4 Å². The van der Waals surface area contributed by atoms with Crippen LogP contribution in [0.15, 0.2) is 78.1 Å². The molecular formula is C42H52N6O9. The van der Waals surface area contributed by atoms with Crippen LogP contribution in [0.3, 0.4) is 0 Å². The number of ether oxygens (including phenoxy) is 3. The Balaban J connectivity index is 1.58. The van der Waals surface area contributed by atoms with Gasteiger partial charge in [-0.15, -0.1) is 0 Å². The van der Waals surface area contributed by atoms with Crippen molar-refractivity contribution >= 4 is 35.4 Å². The number of fused-ring (bicyclic) bond motifs is 7. The maximum atomic E-state index is 14.7. The summed E-state index contributed by atoms with van der Waals surface area (Å²) in [7, 11) is 7.48. The molecule has 0 unspecified atom stereocenters. The summed E-state index contributed by atoms with van der Waals surface area (Å²) in [5.41, 5.74) is 2.07. The fourth-order valence-electron chi connectivity index (χ4n) is 7.02. The molecule has 6 amide bonds. The van der Waals surface area contributed by atoms with Gasteiger partial charge in [0.05, 0.1) is 14.2 Å². The molecule has 6 atom stereocenters. The maximum absolute atomic E-state index is 14.7. The summed E-state index contributed by atoms with van der Waals surface area (Å²) < 4.78 is 17.1. The molecule has 2 aromatic carbocycles. The number of hydrogen-bond donors (Lipinski definition) is 3. The Morgan fingerprint density at radius 1 is 0.667 bits per heavy atom. The van der Waals surface area contributed by atoms with E-state index in [2.05, 4.69) is 16.0 Å². The van der Waals surface area contributed by atoms with Gasteiger partial charge in [-0.25, -0.2) is 0 Å². The van der Waals surface area contributed by atoms with Gasteiger partial charge >= 0.3 is 0 Å². The van der Waals surface area contributed by atoms with Crippen molar-refractivity contribution in [2.24, 2.45) is 0 Å². The monoisotopic (exact) mass is 784 g/mol. The highest BCUT2D eigenvalue weighted by Crippen LogP contribution is 2.32. The number of methoxy groups -OCH3 is 2. The normalized spacial score (nSPS) is 25.5. The summed E-state index contributed by atoms with van der Waals surface area (Å²) in [6.07, 6.45) is 8.01. The van der Waals surface area contributed by atoms with Crippen molar-refractivity contribution in [1.29, 1.82) is 0 Å². The van der Waals surface area contributed by atoms with Crippen LogP contribution in [-0.4, -0.2) is 122 Å². The van der Waals surface area contributed by atoms with E-state index in [1.807, 2.05) is 18.2 Å². The molecule has 3 N–H and O–H groups in total. The van der Waals surface area contributed by atoms with Crippen molar-refractivity contribution in [2.45, 2.75) is 82.7 Å². The lowest BCUT2D eigenvalue weighted by atomic mass is 9.98. The van der Waals surface area contributed by atoms with Crippen molar-refractivity contribution in [3.63, 3.8) is 0 Å². The quantitative estimate of drug-likeness (QED) is 0.419. The van der Waals surface area contributed by atoms with E-state index < -0.39 is 71.7 Å². The van der Waals surface area contributed by atoms with E-state index in [-0.39, 0.29) is 19.3 Å². The molecule has 0 saturated carbocycles. The third-order valence-corrected chi connectivity index (χ3v) is 10.6. The first-order valence-corrected chi connectivity index (χ1v) is 18.9. The van der Waals surface area contributed by atoms with Crippen LogP contribution in [-0.2, 0) is 41.6 Å². The first-order valence-electron chi connectivity index (χ1n) is 18.9. The third kappa shape index (κ3) is 9.83. The zero-order valence-corrected chi connectivity index (χ0v) is 33.7. The zero-order valence-electron chi connectivity index (χ0n) is 33.7. The molecular weight excluding hydrogens is 732 g/mol. The minimum Gasteiger partial charge on any atom is -0.497 e. The molecule has 1 saturated heterocycles. The van der Waals surface area contributed by atoms with Gasteiger partial charge in [0.2, 0.25) is 35.4 Å². The highest BCUT2D eigenvalue weighted by atomic mass is 16.5. The van der Waals surface area contributed by atoms with Gasteiger partial charge < -0.3 is 44.9 Å². The molecule has 0 radical (unpaired) electrons.